The molecule has 1 aromatic carbocycles. The van der Waals surface area contributed by atoms with E-state index in [1.165, 1.54) is 0 Å². The van der Waals surface area contributed by atoms with Gasteiger partial charge in [0.05, 0.1) is 0 Å². The number of nitrogens with two attached hydrogens (primary N) is 1. The van der Waals surface area contributed by atoms with E-state index < -0.39 is 0 Å². The van der Waals surface area contributed by atoms with Gasteiger partial charge in [-0.2, -0.15) is 4.98 Å². The summed E-state index contributed by atoms with van der Waals surface area (Å²) in [7, 11) is 0. The Morgan fingerprint density at radius 2 is 1.88 bits per heavy atom. The minimum Gasteiger partial charge on any atom is -0.423 e. The van der Waals surface area contributed by atoms with Crippen LogP contribution in [0.1, 0.15) is 25.7 Å². The number of halogens is 2. The molecular weight excluding hydrogens is 375 g/mol. The van der Waals surface area contributed by atoms with Gasteiger partial charge < -0.3 is 20.0 Å². The highest BCUT2D eigenvalue weighted by Crippen LogP contribution is 2.28. The van der Waals surface area contributed by atoms with Gasteiger partial charge in [-0.25, -0.2) is 0 Å². The monoisotopic (exact) mass is 400 g/mol. The maximum absolute atomic E-state index is 12.5. The molecule has 6 nitrogen and oxygen atoms in total. The van der Waals surface area contributed by atoms with Crippen molar-refractivity contribution in [3.63, 3.8) is 0 Å². The van der Waals surface area contributed by atoms with Crippen LogP contribution < -0.4 is 10.6 Å². The lowest BCUT2D eigenvalue weighted by molar-refractivity contribution is -0.132. The summed E-state index contributed by atoms with van der Waals surface area (Å²) in [6.07, 6.45) is 3.91. The Hall–Kier alpha value is -1.50. The molecule has 1 saturated heterocycles. The molecule has 0 spiro atoms. The van der Waals surface area contributed by atoms with Crippen LogP contribution >= 0.6 is 24.8 Å². The van der Waals surface area contributed by atoms with Gasteiger partial charge in [0.15, 0.2) is 5.58 Å². The molecule has 2 fully saturated rings. The normalized spacial score (nSPS) is 22.8. The Morgan fingerprint density at radius 1 is 1.15 bits per heavy atom. The number of rotatable bonds is 3. The highest BCUT2D eigenvalue weighted by molar-refractivity contribution is 5.85. The quantitative estimate of drug-likeness (QED) is 0.856. The summed E-state index contributed by atoms with van der Waals surface area (Å²) >= 11 is 0. The third-order valence-corrected chi connectivity index (χ3v) is 5.34. The van der Waals surface area contributed by atoms with Crippen LogP contribution in [-0.4, -0.2) is 48.0 Å². The number of para-hydroxylation sites is 2. The minimum atomic E-state index is 0. The largest absolute Gasteiger partial charge is 0.423 e. The second-order valence-electron chi connectivity index (χ2n) is 6.89. The third kappa shape index (κ3) is 4.24. The number of amides is 1. The Kier molecular flexibility index (Phi) is 7.15. The van der Waals surface area contributed by atoms with Crippen LogP contribution in [0.25, 0.3) is 11.1 Å². The lowest BCUT2D eigenvalue weighted by Gasteiger charge is -2.34. The summed E-state index contributed by atoms with van der Waals surface area (Å²) in [4.78, 5) is 21.1. The molecular formula is C18H26Cl2N4O2. The molecule has 0 unspecified atom stereocenters. The number of carbonyl (C=O) groups excluding carboxylic acids is 1. The molecule has 26 heavy (non-hydrogen) atoms. The number of benzene rings is 1. The van der Waals surface area contributed by atoms with Crippen LogP contribution in [0.2, 0.25) is 0 Å². The molecule has 1 aliphatic carbocycles. The van der Waals surface area contributed by atoms with Crippen LogP contribution in [0.3, 0.4) is 0 Å². The zero-order chi connectivity index (χ0) is 16.5. The van der Waals surface area contributed by atoms with Gasteiger partial charge in [0.1, 0.15) is 5.52 Å². The molecule has 1 aliphatic heterocycles. The lowest BCUT2D eigenvalue weighted by Crippen LogP contribution is -2.49. The van der Waals surface area contributed by atoms with Crippen molar-refractivity contribution in [1.29, 1.82) is 0 Å². The summed E-state index contributed by atoms with van der Waals surface area (Å²) in [5, 5.41) is 0. The second kappa shape index (κ2) is 8.93. The Labute approximate surface area is 165 Å². The summed E-state index contributed by atoms with van der Waals surface area (Å²) in [6.45, 7) is 2.96. The summed E-state index contributed by atoms with van der Waals surface area (Å²) in [5.74, 6) is 0.613. The molecule has 1 saturated carbocycles. The van der Waals surface area contributed by atoms with E-state index >= 15 is 0 Å². The first-order valence-electron chi connectivity index (χ1n) is 8.84. The maximum atomic E-state index is 12.5. The molecule has 2 aliphatic rings. The number of hydrogen-bond donors (Lipinski definition) is 1. The fraction of sp³-hybridized carbons (Fsp3) is 0.556. The van der Waals surface area contributed by atoms with Crippen molar-refractivity contribution in [3.8, 4) is 0 Å². The molecule has 0 bridgehead atoms. The predicted octanol–water partition coefficient (Wildman–Crippen LogP) is 2.84. The van der Waals surface area contributed by atoms with E-state index in [9.17, 15) is 4.79 Å². The highest BCUT2D eigenvalue weighted by Gasteiger charge is 2.30. The first-order valence-corrected chi connectivity index (χ1v) is 8.84. The number of fused-ring (bicyclic) bond motifs is 1. The van der Waals surface area contributed by atoms with E-state index in [0.717, 1.165) is 56.5 Å². The average Bonchev–Trinajstić information content (AvgIpc) is 3.21. The van der Waals surface area contributed by atoms with Crippen molar-refractivity contribution in [3.05, 3.63) is 24.3 Å². The van der Waals surface area contributed by atoms with E-state index in [1.54, 1.807) is 0 Å². The molecule has 144 valence electrons. The third-order valence-electron chi connectivity index (χ3n) is 5.34. The molecule has 8 heteroatoms. The van der Waals surface area contributed by atoms with Crippen LogP contribution in [0.5, 0.6) is 0 Å². The van der Waals surface area contributed by atoms with Gasteiger partial charge in [-0.15, -0.1) is 24.8 Å². The number of anilines is 1. The fourth-order valence-electron chi connectivity index (χ4n) is 3.81. The highest BCUT2D eigenvalue weighted by atomic mass is 35.5. The molecule has 1 amide bonds. The van der Waals surface area contributed by atoms with E-state index in [0.29, 0.717) is 18.4 Å². The number of nitrogens with zero attached hydrogens (tertiary/aromatic N) is 3. The van der Waals surface area contributed by atoms with Gasteiger partial charge >= 0.3 is 0 Å². The number of hydrogen-bond acceptors (Lipinski definition) is 5. The average molecular weight is 401 g/mol. The lowest BCUT2D eigenvalue weighted by atomic mass is 9.99. The molecule has 2 heterocycles. The van der Waals surface area contributed by atoms with Crippen LogP contribution in [-0.2, 0) is 4.79 Å². The van der Waals surface area contributed by atoms with Crippen molar-refractivity contribution in [2.75, 3.05) is 31.1 Å². The number of oxazole rings is 1. The van der Waals surface area contributed by atoms with Crippen LogP contribution in [0, 0.1) is 5.92 Å². The van der Waals surface area contributed by atoms with E-state index in [1.807, 2.05) is 29.2 Å². The predicted molar refractivity (Wildman–Crippen MR) is 107 cm³/mol. The van der Waals surface area contributed by atoms with E-state index in [4.69, 9.17) is 10.2 Å². The summed E-state index contributed by atoms with van der Waals surface area (Å²) < 4.78 is 5.82. The molecule has 4 rings (SSSR count). The summed E-state index contributed by atoms with van der Waals surface area (Å²) in [5.41, 5.74) is 7.77. The second-order valence-corrected chi connectivity index (χ2v) is 6.89. The molecule has 0 radical (unpaired) electrons. The van der Waals surface area contributed by atoms with Gasteiger partial charge in [-0.05, 0) is 30.9 Å². The van der Waals surface area contributed by atoms with E-state index in [-0.39, 0.29) is 36.8 Å². The molecule has 2 atom stereocenters. The Morgan fingerprint density at radius 3 is 2.54 bits per heavy atom. The Bertz CT molecular complexity index is 698. The Balaban J connectivity index is 0.00000121. The number of aromatic nitrogens is 1. The van der Waals surface area contributed by atoms with Crippen LogP contribution in [0.15, 0.2) is 28.7 Å². The number of carbonyl (C=O) groups is 1. The minimum absolute atomic E-state index is 0. The van der Waals surface area contributed by atoms with Crippen LogP contribution in [0.4, 0.5) is 6.01 Å². The maximum Gasteiger partial charge on any atom is 0.298 e. The van der Waals surface area contributed by atoms with E-state index in [2.05, 4.69) is 9.88 Å². The molecule has 2 aromatic rings. The zero-order valence-corrected chi connectivity index (χ0v) is 16.3. The zero-order valence-electron chi connectivity index (χ0n) is 14.7. The first-order chi connectivity index (χ1) is 11.7. The van der Waals surface area contributed by atoms with Crippen molar-refractivity contribution in [2.24, 2.45) is 11.7 Å². The van der Waals surface area contributed by atoms with Gasteiger partial charge in [-0.3, -0.25) is 4.79 Å². The topological polar surface area (TPSA) is 75.6 Å². The summed E-state index contributed by atoms with van der Waals surface area (Å²) in [6, 6.07) is 8.64. The smallest absolute Gasteiger partial charge is 0.298 e. The van der Waals surface area contributed by atoms with Gasteiger partial charge in [0.25, 0.3) is 6.01 Å². The number of piperazine rings is 1. The van der Waals surface area contributed by atoms with Gasteiger partial charge in [-0.1, -0.05) is 18.6 Å². The van der Waals surface area contributed by atoms with Crippen molar-refractivity contribution >= 4 is 47.8 Å². The fourth-order valence-corrected chi connectivity index (χ4v) is 3.81. The van der Waals surface area contributed by atoms with Gasteiger partial charge in [0, 0.05) is 38.6 Å². The first kappa shape index (κ1) is 20.8. The SMILES string of the molecule is Cl.Cl.N[C@@H]1CCC[C@H]1CC(=O)N1CCN(c2nc3ccccc3o2)CC1. The van der Waals surface area contributed by atoms with Gasteiger partial charge in [0.2, 0.25) is 5.91 Å². The molecule has 1 aromatic heterocycles. The van der Waals surface area contributed by atoms with Crippen molar-refractivity contribution in [1.82, 2.24) is 9.88 Å². The standard InChI is InChI=1S/C18H24N4O2.2ClH/c19-14-5-3-4-13(14)12-17(23)21-8-10-22(11-9-21)18-20-15-6-1-2-7-16(15)24-18;;/h1-2,6-7,13-14H,3-5,8-12,19H2;2*1H/t13-,14+;;/m0../s1. The molecule has 2 N–H and O–H groups in total. The van der Waals surface area contributed by atoms with Crippen molar-refractivity contribution in [2.45, 2.75) is 31.7 Å². The van der Waals surface area contributed by atoms with Crippen molar-refractivity contribution < 1.29 is 9.21 Å².